The van der Waals surface area contributed by atoms with Crippen LogP contribution in [0.25, 0.3) is 5.76 Å². The van der Waals surface area contributed by atoms with E-state index in [9.17, 15) is 14.7 Å². The third-order valence-corrected chi connectivity index (χ3v) is 6.27. The number of aliphatic hydroxyl groups excluding tert-OH is 1. The average Bonchev–Trinajstić information content (AvgIpc) is 3.17. The molecule has 38 heavy (non-hydrogen) atoms. The molecule has 1 amide bonds. The topological polar surface area (TPSA) is 94.5 Å². The lowest BCUT2D eigenvalue weighted by Crippen LogP contribution is -2.29. The van der Waals surface area contributed by atoms with Crippen LogP contribution < -0.4 is 18.9 Å². The second-order valence-electron chi connectivity index (χ2n) is 9.08. The third kappa shape index (κ3) is 5.29. The van der Waals surface area contributed by atoms with E-state index in [1.54, 1.807) is 61.7 Å². The monoisotopic (exact) mass is 517 g/mol. The summed E-state index contributed by atoms with van der Waals surface area (Å²) in [5.41, 5.74) is 1.78. The van der Waals surface area contributed by atoms with Crippen molar-refractivity contribution in [2.24, 2.45) is 0 Å². The lowest BCUT2D eigenvalue weighted by Gasteiger charge is -2.26. The molecule has 1 fully saturated rings. The number of ether oxygens (including phenoxy) is 4. The SMILES string of the molecule is COc1ccc(CN2C(=O)C(=O)/C(=C(\O)c3ccc(OC(C)C)cc3)C2c2ccc(OC)c(OC)c2)cc1. The van der Waals surface area contributed by atoms with E-state index in [-0.39, 0.29) is 24.0 Å². The second-order valence-corrected chi connectivity index (χ2v) is 9.08. The van der Waals surface area contributed by atoms with Crippen LogP contribution in [-0.2, 0) is 16.1 Å². The van der Waals surface area contributed by atoms with Gasteiger partial charge in [-0.2, -0.15) is 0 Å². The average molecular weight is 518 g/mol. The normalized spacial score (nSPS) is 16.6. The summed E-state index contributed by atoms with van der Waals surface area (Å²) in [6.45, 7) is 3.98. The van der Waals surface area contributed by atoms with Crippen LogP contribution in [-0.4, -0.2) is 49.1 Å². The van der Waals surface area contributed by atoms with Crippen LogP contribution in [0.5, 0.6) is 23.0 Å². The first-order chi connectivity index (χ1) is 18.3. The number of methoxy groups -OCH3 is 3. The number of benzene rings is 3. The Hall–Kier alpha value is -4.46. The smallest absolute Gasteiger partial charge is 0.295 e. The molecule has 0 bridgehead atoms. The molecule has 8 heteroatoms. The Morgan fingerprint density at radius 2 is 1.47 bits per heavy atom. The Balaban J connectivity index is 1.82. The van der Waals surface area contributed by atoms with Gasteiger partial charge in [-0.1, -0.05) is 18.2 Å². The lowest BCUT2D eigenvalue weighted by atomic mass is 9.94. The van der Waals surface area contributed by atoms with Crippen molar-refractivity contribution < 1.29 is 33.6 Å². The first-order valence-electron chi connectivity index (χ1n) is 12.2. The highest BCUT2D eigenvalue weighted by molar-refractivity contribution is 6.46. The number of rotatable bonds is 9. The number of carbonyl (C=O) groups excluding carboxylic acids is 2. The summed E-state index contributed by atoms with van der Waals surface area (Å²) in [5.74, 6) is 0.515. The molecule has 1 aliphatic heterocycles. The maximum atomic E-state index is 13.4. The molecule has 1 saturated heterocycles. The summed E-state index contributed by atoms with van der Waals surface area (Å²) < 4.78 is 21.8. The second kappa shape index (κ2) is 11.3. The molecular weight excluding hydrogens is 486 g/mol. The summed E-state index contributed by atoms with van der Waals surface area (Å²) in [4.78, 5) is 28.2. The molecule has 0 spiro atoms. The highest BCUT2D eigenvalue weighted by atomic mass is 16.5. The zero-order valence-corrected chi connectivity index (χ0v) is 22.1. The van der Waals surface area contributed by atoms with Crippen LogP contribution in [0, 0.1) is 0 Å². The first kappa shape index (κ1) is 26.6. The van der Waals surface area contributed by atoms with Gasteiger partial charge in [0.1, 0.15) is 17.3 Å². The van der Waals surface area contributed by atoms with Crippen molar-refractivity contribution >= 4 is 17.4 Å². The van der Waals surface area contributed by atoms with E-state index in [1.165, 1.54) is 19.1 Å². The molecule has 3 aromatic rings. The van der Waals surface area contributed by atoms with Crippen molar-refractivity contribution in [3.63, 3.8) is 0 Å². The molecule has 1 unspecified atom stereocenters. The summed E-state index contributed by atoms with van der Waals surface area (Å²) in [7, 11) is 4.61. The van der Waals surface area contributed by atoms with Crippen LogP contribution in [0.15, 0.2) is 72.3 Å². The van der Waals surface area contributed by atoms with Gasteiger partial charge in [0.2, 0.25) is 0 Å². The largest absolute Gasteiger partial charge is 0.507 e. The number of amides is 1. The van der Waals surface area contributed by atoms with Crippen molar-refractivity contribution in [1.29, 1.82) is 0 Å². The Morgan fingerprint density at radius 3 is 2.05 bits per heavy atom. The fourth-order valence-corrected chi connectivity index (χ4v) is 4.46. The number of Topliss-reactive ketones (excluding diaryl/α,β-unsaturated/α-hetero) is 1. The highest BCUT2D eigenvalue weighted by Crippen LogP contribution is 2.42. The van der Waals surface area contributed by atoms with Crippen LogP contribution in [0.4, 0.5) is 0 Å². The Bertz CT molecular complexity index is 1340. The van der Waals surface area contributed by atoms with Gasteiger partial charge in [0.05, 0.1) is 39.0 Å². The minimum atomic E-state index is -0.858. The molecule has 0 aromatic heterocycles. The minimum absolute atomic E-state index is 0.00624. The van der Waals surface area contributed by atoms with Crippen molar-refractivity contribution in [1.82, 2.24) is 4.90 Å². The Kier molecular flexibility index (Phi) is 7.90. The number of carbonyl (C=O) groups is 2. The molecule has 1 heterocycles. The van der Waals surface area contributed by atoms with Gasteiger partial charge in [-0.05, 0) is 73.5 Å². The minimum Gasteiger partial charge on any atom is -0.507 e. The fourth-order valence-electron chi connectivity index (χ4n) is 4.46. The molecular formula is C30H31NO7. The zero-order valence-electron chi connectivity index (χ0n) is 22.1. The predicted molar refractivity (Wildman–Crippen MR) is 143 cm³/mol. The van der Waals surface area contributed by atoms with Gasteiger partial charge in [-0.25, -0.2) is 0 Å². The van der Waals surface area contributed by atoms with Gasteiger partial charge in [-0.3, -0.25) is 9.59 Å². The molecule has 1 N–H and O–H groups in total. The van der Waals surface area contributed by atoms with E-state index in [0.29, 0.717) is 34.1 Å². The van der Waals surface area contributed by atoms with Crippen LogP contribution in [0.3, 0.4) is 0 Å². The number of hydrogen-bond acceptors (Lipinski definition) is 7. The van der Waals surface area contributed by atoms with Gasteiger partial charge >= 0.3 is 0 Å². The fraction of sp³-hybridized carbons (Fsp3) is 0.267. The van der Waals surface area contributed by atoms with Gasteiger partial charge in [-0.15, -0.1) is 0 Å². The summed E-state index contributed by atoms with van der Waals surface area (Å²) >= 11 is 0. The van der Waals surface area contributed by atoms with Crippen LogP contribution >= 0.6 is 0 Å². The molecule has 8 nitrogen and oxygen atoms in total. The van der Waals surface area contributed by atoms with Gasteiger partial charge in [0, 0.05) is 12.1 Å². The van der Waals surface area contributed by atoms with E-state index in [2.05, 4.69) is 0 Å². The maximum Gasteiger partial charge on any atom is 0.295 e. The molecule has 0 radical (unpaired) electrons. The molecule has 3 aromatic carbocycles. The van der Waals surface area contributed by atoms with Crippen LogP contribution in [0.2, 0.25) is 0 Å². The summed E-state index contributed by atoms with van der Waals surface area (Å²) in [6, 6.07) is 18.3. The van der Waals surface area contributed by atoms with Crippen molar-refractivity contribution in [3.05, 3.63) is 89.0 Å². The maximum absolute atomic E-state index is 13.4. The Morgan fingerprint density at radius 1 is 0.842 bits per heavy atom. The number of hydrogen-bond donors (Lipinski definition) is 1. The van der Waals surface area contributed by atoms with Crippen LogP contribution in [0.1, 0.15) is 36.6 Å². The van der Waals surface area contributed by atoms with E-state index >= 15 is 0 Å². The number of aliphatic hydroxyl groups is 1. The molecule has 1 aliphatic rings. The predicted octanol–water partition coefficient (Wildman–Crippen LogP) is 5.12. The molecule has 1 atom stereocenters. The Labute approximate surface area is 222 Å². The molecule has 0 saturated carbocycles. The van der Waals surface area contributed by atoms with E-state index in [1.807, 2.05) is 26.0 Å². The highest BCUT2D eigenvalue weighted by Gasteiger charge is 2.46. The van der Waals surface area contributed by atoms with E-state index < -0.39 is 17.7 Å². The van der Waals surface area contributed by atoms with Gasteiger partial charge in [0.25, 0.3) is 11.7 Å². The van der Waals surface area contributed by atoms with E-state index in [4.69, 9.17) is 18.9 Å². The first-order valence-corrected chi connectivity index (χ1v) is 12.2. The number of likely N-dealkylation sites (tertiary alicyclic amines) is 1. The third-order valence-electron chi connectivity index (χ3n) is 6.27. The lowest BCUT2D eigenvalue weighted by molar-refractivity contribution is -0.140. The molecule has 4 rings (SSSR count). The van der Waals surface area contributed by atoms with E-state index in [0.717, 1.165) is 5.56 Å². The van der Waals surface area contributed by atoms with Crippen molar-refractivity contribution in [2.45, 2.75) is 32.5 Å². The summed E-state index contributed by atoms with van der Waals surface area (Å²) in [5, 5.41) is 11.4. The van der Waals surface area contributed by atoms with Crippen molar-refractivity contribution in [2.75, 3.05) is 21.3 Å². The molecule has 198 valence electrons. The molecule has 0 aliphatic carbocycles. The van der Waals surface area contributed by atoms with Gasteiger partial charge in [0.15, 0.2) is 11.5 Å². The zero-order chi connectivity index (χ0) is 27.4. The van der Waals surface area contributed by atoms with Gasteiger partial charge < -0.3 is 29.0 Å². The summed E-state index contributed by atoms with van der Waals surface area (Å²) in [6.07, 6.45) is -0.0113. The standard InChI is InChI=1S/C30H31NO7/c1-18(2)38-23-13-8-20(9-14-23)28(32)26-27(21-10-15-24(36-4)25(16-21)37-5)31(30(34)29(26)33)17-19-6-11-22(35-3)12-7-19/h6-16,18,27,32H,17H2,1-5H3/b28-26-. The quantitative estimate of drug-likeness (QED) is 0.239. The van der Waals surface area contributed by atoms with Crippen molar-refractivity contribution in [3.8, 4) is 23.0 Å². The number of ketones is 1. The number of nitrogens with zero attached hydrogens (tertiary/aromatic N) is 1.